The molecule has 0 aliphatic carbocycles. The minimum atomic E-state index is -0.629. The average Bonchev–Trinajstić information content (AvgIpc) is 2.42. The fraction of sp³-hybridized carbons (Fsp3) is 0.545. The number of ketones is 1. The quantitative estimate of drug-likeness (QED) is 0.358. The summed E-state index contributed by atoms with van der Waals surface area (Å²) in [6.07, 6.45) is 1.25. The minimum absolute atomic E-state index is 0.00380. The van der Waals surface area contributed by atoms with E-state index in [9.17, 15) is 14.7 Å². The second-order valence-electron chi connectivity index (χ2n) is 9.03. The van der Waals surface area contributed by atoms with E-state index >= 15 is 0 Å². The van der Waals surface area contributed by atoms with Gasteiger partial charge in [0.2, 0.25) is 0 Å². The molecule has 4 nitrogen and oxygen atoms in total. The van der Waals surface area contributed by atoms with Crippen LogP contribution in [0.25, 0.3) is 6.08 Å². The van der Waals surface area contributed by atoms with Crippen LogP contribution >= 0.6 is 0 Å². The van der Waals surface area contributed by atoms with Crippen molar-refractivity contribution in [1.82, 2.24) is 0 Å². The number of ether oxygens (including phenoxy) is 1. The summed E-state index contributed by atoms with van der Waals surface area (Å²) in [5.74, 6) is -0.718. The average molecular weight is 360 g/mol. The monoisotopic (exact) mass is 360 g/mol. The number of hydrogen-bond acceptors (Lipinski definition) is 4. The first-order valence-electron chi connectivity index (χ1n) is 8.96. The van der Waals surface area contributed by atoms with Crippen molar-refractivity contribution >= 4 is 17.8 Å². The zero-order valence-electron chi connectivity index (χ0n) is 17.5. The zero-order chi connectivity index (χ0) is 20.4. The number of hydrogen-bond donors (Lipinski definition) is 1. The fourth-order valence-corrected chi connectivity index (χ4v) is 2.63. The topological polar surface area (TPSA) is 63.6 Å². The number of phenolic OH excluding ortho intramolecular Hbond substituents is 1. The van der Waals surface area contributed by atoms with Gasteiger partial charge < -0.3 is 9.84 Å². The van der Waals surface area contributed by atoms with E-state index in [2.05, 4.69) is 0 Å². The van der Waals surface area contributed by atoms with E-state index in [1.807, 2.05) is 53.7 Å². The van der Waals surface area contributed by atoms with Crippen LogP contribution in [0.3, 0.4) is 0 Å². The van der Waals surface area contributed by atoms with Crippen molar-refractivity contribution in [3.05, 3.63) is 34.4 Å². The minimum Gasteiger partial charge on any atom is -0.507 e. The molecule has 26 heavy (non-hydrogen) atoms. The smallest absolute Gasteiger partial charge is 0.342 e. The van der Waals surface area contributed by atoms with Crippen LogP contribution in [-0.2, 0) is 25.2 Å². The Morgan fingerprint density at radius 3 is 1.73 bits per heavy atom. The van der Waals surface area contributed by atoms with Gasteiger partial charge in [-0.25, -0.2) is 4.79 Å². The Hall–Kier alpha value is -2.10. The van der Waals surface area contributed by atoms with E-state index in [-0.39, 0.29) is 34.0 Å². The number of aromatic hydroxyl groups is 1. The van der Waals surface area contributed by atoms with Gasteiger partial charge in [-0.3, -0.25) is 4.79 Å². The van der Waals surface area contributed by atoms with Gasteiger partial charge in [0.15, 0.2) is 5.78 Å². The van der Waals surface area contributed by atoms with E-state index in [0.29, 0.717) is 5.56 Å². The summed E-state index contributed by atoms with van der Waals surface area (Å²) in [5.41, 5.74) is 1.67. The molecule has 0 unspecified atom stereocenters. The summed E-state index contributed by atoms with van der Waals surface area (Å²) < 4.78 is 5.19. The third-order valence-corrected chi connectivity index (χ3v) is 4.00. The van der Waals surface area contributed by atoms with Crippen LogP contribution in [0, 0.1) is 0 Å². The Morgan fingerprint density at radius 1 is 1.00 bits per heavy atom. The highest BCUT2D eigenvalue weighted by Crippen LogP contribution is 2.40. The first kappa shape index (κ1) is 21.9. The van der Waals surface area contributed by atoms with Crippen molar-refractivity contribution in [2.45, 2.75) is 79.2 Å². The summed E-state index contributed by atoms with van der Waals surface area (Å²) in [5, 5.41) is 10.8. The molecule has 0 aliphatic rings. The largest absolute Gasteiger partial charge is 0.507 e. The zero-order valence-corrected chi connectivity index (χ0v) is 17.5. The van der Waals surface area contributed by atoms with Crippen LogP contribution in [0.15, 0.2) is 17.7 Å². The molecule has 0 amide bonds. The lowest BCUT2D eigenvalue weighted by molar-refractivity contribution is -0.143. The van der Waals surface area contributed by atoms with E-state index in [1.165, 1.54) is 6.92 Å². The fourth-order valence-electron chi connectivity index (χ4n) is 2.63. The number of esters is 1. The van der Waals surface area contributed by atoms with Gasteiger partial charge in [0, 0.05) is 11.1 Å². The number of Topliss-reactive ketones (excluding diaryl/α,β-unsaturated/α-hetero) is 1. The lowest BCUT2D eigenvalue weighted by Crippen LogP contribution is -2.19. The van der Waals surface area contributed by atoms with Gasteiger partial charge in [-0.05, 0) is 55.4 Å². The third kappa shape index (κ3) is 5.45. The first-order chi connectivity index (χ1) is 11.6. The predicted molar refractivity (Wildman–Crippen MR) is 105 cm³/mol. The van der Waals surface area contributed by atoms with Crippen molar-refractivity contribution in [3.63, 3.8) is 0 Å². The van der Waals surface area contributed by atoms with Crippen LogP contribution in [0.1, 0.15) is 79.0 Å². The van der Waals surface area contributed by atoms with Crippen LogP contribution in [0.4, 0.5) is 0 Å². The molecule has 0 saturated carbocycles. The second kappa shape index (κ2) is 7.65. The van der Waals surface area contributed by atoms with Crippen LogP contribution in [0.5, 0.6) is 5.75 Å². The van der Waals surface area contributed by atoms with Gasteiger partial charge in [0.1, 0.15) is 11.3 Å². The Morgan fingerprint density at radius 2 is 1.42 bits per heavy atom. The molecule has 1 rings (SSSR count). The summed E-state index contributed by atoms with van der Waals surface area (Å²) in [7, 11) is 0. The molecule has 0 bridgehead atoms. The van der Waals surface area contributed by atoms with Gasteiger partial charge in [0.25, 0.3) is 0 Å². The number of benzene rings is 1. The highest BCUT2D eigenvalue weighted by molar-refractivity contribution is 6.19. The molecule has 0 radical (unpaired) electrons. The molecule has 0 aromatic heterocycles. The number of rotatable bonds is 4. The number of carbonyl (C=O) groups excluding carboxylic acids is 2. The molecule has 144 valence electrons. The van der Waals surface area contributed by atoms with Crippen molar-refractivity contribution in [3.8, 4) is 5.75 Å². The third-order valence-electron chi connectivity index (χ3n) is 4.00. The molecular weight excluding hydrogens is 328 g/mol. The van der Waals surface area contributed by atoms with Crippen molar-refractivity contribution in [2.75, 3.05) is 0 Å². The number of carbonyl (C=O) groups is 2. The maximum absolute atomic E-state index is 12.3. The lowest BCUT2D eigenvalue weighted by Gasteiger charge is -2.28. The summed E-state index contributed by atoms with van der Waals surface area (Å²) in [6, 6.07) is 3.66. The Kier molecular flexibility index (Phi) is 6.45. The van der Waals surface area contributed by atoms with Crippen molar-refractivity contribution in [1.29, 1.82) is 0 Å². The molecule has 0 atom stereocenters. The van der Waals surface area contributed by atoms with Gasteiger partial charge in [0.05, 0.1) is 6.10 Å². The van der Waals surface area contributed by atoms with Gasteiger partial charge in [-0.1, -0.05) is 41.5 Å². The molecule has 0 fully saturated rings. The lowest BCUT2D eigenvalue weighted by atomic mass is 9.78. The molecule has 0 spiro atoms. The Labute approximate surface area is 157 Å². The van der Waals surface area contributed by atoms with Gasteiger partial charge in [-0.15, -0.1) is 0 Å². The van der Waals surface area contributed by atoms with E-state index in [1.54, 1.807) is 19.9 Å². The normalized spacial score (nSPS) is 13.1. The van der Waals surface area contributed by atoms with Crippen LogP contribution < -0.4 is 0 Å². The first-order valence-corrected chi connectivity index (χ1v) is 8.96. The molecule has 4 heteroatoms. The molecule has 1 aromatic carbocycles. The highest BCUT2D eigenvalue weighted by Gasteiger charge is 2.27. The van der Waals surface area contributed by atoms with Crippen molar-refractivity contribution < 1.29 is 19.4 Å². The molecule has 0 saturated heterocycles. The maximum atomic E-state index is 12.3. The van der Waals surface area contributed by atoms with Gasteiger partial charge in [-0.2, -0.15) is 0 Å². The molecule has 1 N–H and O–H groups in total. The molecular formula is C22H32O4. The standard InChI is InChI=1S/C22H32O4/c1-13(2)26-20(25)16(14(3)23)10-15-11-17(21(4,5)6)19(24)18(12-15)22(7,8)9/h10-13,24H,1-9H3/b16-10-. The van der Waals surface area contributed by atoms with Gasteiger partial charge >= 0.3 is 5.97 Å². The van der Waals surface area contributed by atoms with Crippen LogP contribution in [-0.4, -0.2) is 23.0 Å². The molecule has 0 aliphatic heterocycles. The predicted octanol–water partition coefficient (Wildman–Crippen LogP) is 4.91. The summed E-state index contributed by atoms with van der Waals surface area (Å²) in [4.78, 5) is 24.3. The van der Waals surface area contributed by atoms with Crippen molar-refractivity contribution in [2.24, 2.45) is 0 Å². The highest BCUT2D eigenvalue weighted by atomic mass is 16.5. The van der Waals surface area contributed by atoms with E-state index < -0.39 is 5.97 Å². The SMILES string of the molecule is CC(=O)/C(=C/c1cc(C(C)(C)C)c(O)c(C(C)(C)C)c1)C(=O)OC(C)C. The maximum Gasteiger partial charge on any atom is 0.342 e. The van der Waals surface area contributed by atoms with Crippen LogP contribution in [0.2, 0.25) is 0 Å². The Balaban J connectivity index is 3.65. The number of phenols is 1. The molecule has 1 aromatic rings. The molecule has 0 heterocycles. The second-order valence-corrected chi connectivity index (χ2v) is 9.03. The summed E-state index contributed by atoms with van der Waals surface area (Å²) >= 11 is 0. The Bertz CT molecular complexity index is 690. The van der Waals surface area contributed by atoms with E-state index in [4.69, 9.17) is 4.74 Å². The summed E-state index contributed by atoms with van der Waals surface area (Å²) in [6.45, 7) is 16.9. The van der Waals surface area contributed by atoms with E-state index in [0.717, 1.165) is 11.1 Å².